The van der Waals surface area contributed by atoms with Crippen molar-refractivity contribution in [2.24, 2.45) is 0 Å². The molecule has 0 atom stereocenters. The minimum atomic E-state index is -0.222. The first-order valence-electron chi connectivity index (χ1n) is 20.1. The van der Waals surface area contributed by atoms with Gasteiger partial charge in [0.25, 0.3) is 0 Å². The van der Waals surface area contributed by atoms with Crippen LogP contribution in [0.1, 0.15) is 25.0 Å². The second kappa shape index (κ2) is 12.3. The number of benzene rings is 9. The van der Waals surface area contributed by atoms with E-state index in [4.69, 9.17) is 4.42 Å². The van der Waals surface area contributed by atoms with Crippen molar-refractivity contribution in [3.8, 4) is 27.9 Å². The predicted molar refractivity (Wildman–Crippen MR) is 243 cm³/mol. The molecule has 9 aromatic carbocycles. The molecule has 1 aliphatic carbocycles. The van der Waals surface area contributed by atoms with Crippen LogP contribution in [0.25, 0.3) is 82.5 Å². The number of rotatable bonds is 5. The molecule has 1 aliphatic rings. The molecule has 2 heterocycles. The fraction of sp³-hybridized carbons (Fsp3) is 0.0545. The SMILES string of the molecule is CC1(C)c2ccccc2-c2cccc(N(c3ccc(-n4c5ccccc5c5ccccc54)cc3)c3ccccc3-c3cccc4oc5cc6ccccc6cc5c34)c21. The molecular formula is C55H38N2O. The van der Waals surface area contributed by atoms with E-state index >= 15 is 0 Å². The fourth-order valence-electron chi connectivity index (χ4n) is 10.00. The highest BCUT2D eigenvalue weighted by atomic mass is 16.3. The van der Waals surface area contributed by atoms with Gasteiger partial charge in [-0.15, -0.1) is 0 Å². The zero-order valence-electron chi connectivity index (χ0n) is 32.3. The lowest BCUT2D eigenvalue weighted by atomic mass is 9.81. The van der Waals surface area contributed by atoms with Gasteiger partial charge < -0.3 is 13.9 Å². The fourth-order valence-corrected chi connectivity index (χ4v) is 10.00. The van der Waals surface area contributed by atoms with Crippen molar-refractivity contribution < 1.29 is 4.42 Å². The molecule has 2 aromatic heterocycles. The first-order valence-corrected chi connectivity index (χ1v) is 20.1. The summed E-state index contributed by atoms with van der Waals surface area (Å²) >= 11 is 0. The smallest absolute Gasteiger partial charge is 0.136 e. The van der Waals surface area contributed by atoms with Crippen molar-refractivity contribution in [1.29, 1.82) is 0 Å². The van der Waals surface area contributed by atoms with Gasteiger partial charge in [-0.1, -0.05) is 141 Å². The zero-order chi connectivity index (χ0) is 38.5. The van der Waals surface area contributed by atoms with E-state index in [0.717, 1.165) is 50.1 Å². The van der Waals surface area contributed by atoms with Crippen LogP contribution in [-0.4, -0.2) is 4.57 Å². The molecule has 0 radical (unpaired) electrons. The molecule has 0 saturated heterocycles. The second-order valence-electron chi connectivity index (χ2n) is 16.1. The van der Waals surface area contributed by atoms with Gasteiger partial charge in [-0.05, 0) is 105 Å². The lowest BCUT2D eigenvalue weighted by Gasteiger charge is -2.33. The molecule has 0 saturated carbocycles. The highest BCUT2D eigenvalue weighted by Crippen LogP contribution is 2.55. The first kappa shape index (κ1) is 32.8. The Morgan fingerprint density at radius 2 is 1.03 bits per heavy atom. The van der Waals surface area contributed by atoms with Crippen molar-refractivity contribution in [2.45, 2.75) is 19.3 Å². The molecule has 12 rings (SSSR count). The van der Waals surface area contributed by atoms with Gasteiger partial charge in [-0.25, -0.2) is 0 Å². The molecule has 0 fully saturated rings. The molecule has 0 aliphatic heterocycles. The normalized spacial score (nSPS) is 13.1. The van der Waals surface area contributed by atoms with Crippen LogP contribution in [0.15, 0.2) is 199 Å². The van der Waals surface area contributed by atoms with E-state index in [-0.39, 0.29) is 5.41 Å². The van der Waals surface area contributed by atoms with E-state index in [0.29, 0.717) is 0 Å². The van der Waals surface area contributed by atoms with E-state index in [1.54, 1.807) is 0 Å². The molecule has 11 aromatic rings. The third kappa shape index (κ3) is 4.68. The predicted octanol–water partition coefficient (Wildman–Crippen LogP) is 15.3. The quantitative estimate of drug-likeness (QED) is 0.175. The third-order valence-corrected chi connectivity index (χ3v) is 12.5. The van der Waals surface area contributed by atoms with Crippen LogP contribution in [0.4, 0.5) is 17.1 Å². The summed E-state index contributed by atoms with van der Waals surface area (Å²) in [5.41, 5.74) is 16.0. The van der Waals surface area contributed by atoms with E-state index in [1.165, 1.54) is 60.5 Å². The Bertz CT molecular complexity index is 3380. The van der Waals surface area contributed by atoms with E-state index in [9.17, 15) is 0 Å². The lowest BCUT2D eigenvalue weighted by molar-refractivity contribution is 0.661. The van der Waals surface area contributed by atoms with Gasteiger partial charge in [-0.2, -0.15) is 0 Å². The van der Waals surface area contributed by atoms with E-state index in [2.05, 4.69) is 217 Å². The van der Waals surface area contributed by atoms with Gasteiger partial charge in [0.1, 0.15) is 11.2 Å². The summed E-state index contributed by atoms with van der Waals surface area (Å²) in [7, 11) is 0. The number of para-hydroxylation sites is 3. The summed E-state index contributed by atoms with van der Waals surface area (Å²) in [5, 5.41) is 7.14. The molecule has 0 amide bonds. The van der Waals surface area contributed by atoms with Crippen LogP contribution in [0.5, 0.6) is 0 Å². The van der Waals surface area contributed by atoms with Crippen LogP contribution in [0.2, 0.25) is 0 Å². The second-order valence-corrected chi connectivity index (χ2v) is 16.1. The number of nitrogens with zero attached hydrogens (tertiary/aromatic N) is 2. The maximum Gasteiger partial charge on any atom is 0.136 e. The van der Waals surface area contributed by atoms with Crippen molar-refractivity contribution in [1.82, 2.24) is 4.57 Å². The maximum atomic E-state index is 6.61. The molecule has 0 N–H and O–H groups in total. The number of anilines is 3. The average Bonchev–Trinajstić information content (AvgIpc) is 3.89. The van der Waals surface area contributed by atoms with Gasteiger partial charge in [0.15, 0.2) is 0 Å². The summed E-state index contributed by atoms with van der Waals surface area (Å²) in [4.78, 5) is 2.49. The number of furan rings is 1. The average molecular weight is 743 g/mol. The van der Waals surface area contributed by atoms with Crippen LogP contribution in [-0.2, 0) is 5.41 Å². The minimum Gasteiger partial charge on any atom is -0.456 e. The van der Waals surface area contributed by atoms with Crippen molar-refractivity contribution >= 4 is 71.6 Å². The number of hydrogen-bond acceptors (Lipinski definition) is 2. The number of hydrogen-bond donors (Lipinski definition) is 0. The number of aromatic nitrogens is 1. The zero-order valence-corrected chi connectivity index (χ0v) is 32.3. The molecule has 0 spiro atoms. The van der Waals surface area contributed by atoms with Gasteiger partial charge in [0.2, 0.25) is 0 Å². The molecule has 274 valence electrons. The topological polar surface area (TPSA) is 21.3 Å². The summed E-state index contributed by atoms with van der Waals surface area (Å²) in [6.07, 6.45) is 0. The Labute approximate surface area is 336 Å². The summed E-state index contributed by atoms with van der Waals surface area (Å²) in [6, 6.07) is 70.7. The van der Waals surface area contributed by atoms with Crippen LogP contribution in [0.3, 0.4) is 0 Å². The molecule has 58 heavy (non-hydrogen) atoms. The molecule has 3 heteroatoms. The van der Waals surface area contributed by atoms with Gasteiger partial charge in [-0.3, -0.25) is 0 Å². The first-order chi connectivity index (χ1) is 28.5. The standard InChI is InChI=1S/C55H38N2O/c1-55(2)46-23-9-5-17-39(46)44-22-13-27-50(54(44)55)57(38-31-29-37(30-32-38)56-47-24-10-6-18-40(47)41-19-7-11-25-48(41)56)49-26-12-8-20-42(49)43-21-14-28-51-53(43)45-33-35-15-3-4-16-36(35)34-52(45)58-51/h3-34H,1-2H3. The Balaban J connectivity index is 1.11. The molecule has 3 nitrogen and oxygen atoms in total. The third-order valence-electron chi connectivity index (χ3n) is 12.5. The van der Waals surface area contributed by atoms with E-state index in [1.807, 2.05) is 0 Å². The Morgan fingerprint density at radius 1 is 0.448 bits per heavy atom. The highest BCUT2D eigenvalue weighted by molar-refractivity contribution is 6.17. The minimum absolute atomic E-state index is 0.222. The van der Waals surface area contributed by atoms with Crippen molar-refractivity contribution in [3.63, 3.8) is 0 Å². The monoisotopic (exact) mass is 742 g/mol. The van der Waals surface area contributed by atoms with Gasteiger partial charge >= 0.3 is 0 Å². The Kier molecular flexibility index (Phi) is 6.98. The Hall–Kier alpha value is -7.36. The van der Waals surface area contributed by atoms with Gasteiger partial charge in [0.05, 0.1) is 22.4 Å². The maximum absolute atomic E-state index is 6.61. The lowest BCUT2D eigenvalue weighted by Crippen LogP contribution is -2.21. The summed E-state index contributed by atoms with van der Waals surface area (Å²) in [5.74, 6) is 0. The summed E-state index contributed by atoms with van der Waals surface area (Å²) < 4.78 is 9.00. The van der Waals surface area contributed by atoms with E-state index < -0.39 is 0 Å². The summed E-state index contributed by atoms with van der Waals surface area (Å²) in [6.45, 7) is 4.75. The Morgan fingerprint density at radius 3 is 1.81 bits per heavy atom. The van der Waals surface area contributed by atoms with Crippen LogP contribution in [0, 0.1) is 0 Å². The van der Waals surface area contributed by atoms with Crippen LogP contribution < -0.4 is 4.90 Å². The van der Waals surface area contributed by atoms with Crippen LogP contribution >= 0.6 is 0 Å². The molecule has 0 unspecified atom stereocenters. The molecular weight excluding hydrogens is 705 g/mol. The van der Waals surface area contributed by atoms with Crippen molar-refractivity contribution in [2.75, 3.05) is 4.90 Å². The molecule has 0 bridgehead atoms. The van der Waals surface area contributed by atoms with Gasteiger partial charge in [0, 0.05) is 43.9 Å². The highest BCUT2D eigenvalue weighted by Gasteiger charge is 2.39. The largest absolute Gasteiger partial charge is 0.456 e. The van der Waals surface area contributed by atoms with Crippen molar-refractivity contribution in [3.05, 3.63) is 205 Å². The number of fused-ring (bicyclic) bond motifs is 10.